The first-order valence-electron chi connectivity index (χ1n) is 6.27. The summed E-state index contributed by atoms with van der Waals surface area (Å²) in [5.74, 6) is 1.66. The maximum atomic E-state index is 2.36. The predicted octanol–water partition coefficient (Wildman–Crippen LogP) is 4.73. The van der Waals surface area contributed by atoms with Crippen LogP contribution >= 0.6 is 0 Å². The molecule has 1 aliphatic rings. The summed E-state index contributed by atoms with van der Waals surface area (Å²) in [6.07, 6.45) is 6.78. The van der Waals surface area contributed by atoms with Crippen LogP contribution in [0.5, 0.6) is 0 Å². The second kappa shape index (κ2) is 4.29. The lowest BCUT2D eigenvalue weighted by Crippen LogP contribution is -2.05. The molecule has 1 fully saturated rings. The molecule has 0 N–H and O–H groups in total. The van der Waals surface area contributed by atoms with Crippen LogP contribution < -0.4 is 0 Å². The number of hydrogen-bond donors (Lipinski definition) is 0. The Kier molecular flexibility index (Phi) is 2.65. The van der Waals surface area contributed by atoms with E-state index in [4.69, 9.17) is 0 Å². The third-order valence-corrected chi connectivity index (χ3v) is 3.61. The van der Waals surface area contributed by atoms with Gasteiger partial charge in [-0.2, -0.15) is 0 Å². The van der Waals surface area contributed by atoms with Crippen LogP contribution in [0.3, 0.4) is 0 Å². The van der Waals surface area contributed by atoms with Crippen molar-refractivity contribution in [3.63, 3.8) is 0 Å². The largest absolute Gasteiger partial charge is 0.0616 e. The molecule has 0 aromatic heterocycles. The molecule has 1 aliphatic carbocycles. The molecule has 1 saturated carbocycles. The highest BCUT2D eigenvalue weighted by atomic mass is 14.2. The highest BCUT2D eigenvalue weighted by Crippen LogP contribution is 2.32. The van der Waals surface area contributed by atoms with E-state index in [1.54, 1.807) is 5.92 Å². The molecular formula is C16H17. The maximum absolute atomic E-state index is 2.36. The van der Waals surface area contributed by atoms with Crippen molar-refractivity contribution >= 4 is 10.8 Å². The zero-order chi connectivity index (χ0) is 10.8. The fourth-order valence-electron chi connectivity index (χ4n) is 2.68. The quantitative estimate of drug-likeness (QED) is 0.637. The van der Waals surface area contributed by atoms with Crippen molar-refractivity contribution < 1.29 is 0 Å². The van der Waals surface area contributed by atoms with Crippen molar-refractivity contribution in [1.82, 2.24) is 0 Å². The van der Waals surface area contributed by atoms with E-state index < -0.39 is 0 Å². The average molecular weight is 209 g/mol. The summed E-state index contributed by atoms with van der Waals surface area (Å²) >= 11 is 0. The van der Waals surface area contributed by atoms with Crippen molar-refractivity contribution in [3.8, 4) is 0 Å². The van der Waals surface area contributed by atoms with Gasteiger partial charge in [0.25, 0.3) is 0 Å². The molecule has 0 bridgehead atoms. The van der Waals surface area contributed by atoms with Gasteiger partial charge in [0.15, 0.2) is 0 Å². The highest BCUT2D eigenvalue weighted by molar-refractivity contribution is 5.83. The summed E-state index contributed by atoms with van der Waals surface area (Å²) < 4.78 is 0. The lowest BCUT2D eigenvalue weighted by Gasteiger charge is -2.21. The Labute approximate surface area is 97.3 Å². The van der Waals surface area contributed by atoms with Crippen LogP contribution in [-0.4, -0.2) is 0 Å². The molecule has 81 valence electrons. The monoisotopic (exact) mass is 209 g/mol. The third kappa shape index (κ3) is 1.84. The number of rotatable bonds is 1. The van der Waals surface area contributed by atoms with Gasteiger partial charge in [0.2, 0.25) is 0 Å². The molecule has 0 heterocycles. The van der Waals surface area contributed by atoms with E-state index in [2.05, 4.69) is 42.5 Å². The Morgan fingerprint density at radius 3 is 2.25 bits per heavy atom. The molecule has 3 rings (SSSR count). The molecular weight excluding hydrogens is 192 g/mol. The van der Waals surface area contributed by atoms with Crippen molar-refractivity contribution in [2.24, 2.45) is 0 Å². The second-order valence-corrected chi connectivity index (χ2v) is 4.73. The summed E-state index contributed by atoms with van der Waals surface area (Å²) in [6, 6.07) is 15.5. The van der Waals surface area contributed by atoms with E-state index in [-0.39, 0.29) is 0 Å². The summed E-state index contributed by atoms with van der Waals surface area (Å²) in [5.41, 5.74) is 1.47. The Hall–Kier alpha value is -1.30. The van der Waals surface area contributed by atoms with E-state index in [0.717, 1.165) is 0 Å². The highest BCUT2D eigenvalue weighted by Gasteiger charge is 2.15. The van der Waals surface area contributed by atoms with Gasteiger partial charge >= 0.3 is 0 Å². The fraction of sp³-hybridized carbons (Fsp3) is 0.312. The lowest BCUT2D eigenvalue weighted by molar-refractivity contribution is 0.551. The topological polar surface area (TPSA) is 0 Å². The van der Waals surface area contributed by atoms with Gasteiger partial charge in [-0.3, -0.25) is 0 Å². The molecule has 16 heavy (non-hydrogen) atoms. The van der Waals surface area contributed by atoms with E-state index in [0.29, 0.717) is 0 Å². The Balaban J connectivity index is 1.97. The molecule has 1 radical (unpaired) electrons. The van der Waals surface area contributed by atoms with Crippen molar-refractivity contribution in [2.45, 2.75) is 32.1 Å². The lowest BCUT2D eigenvalue weighted by atomic mass is 9.83. The van der Waals surface area contributed by atoms with Crippen LogP contribution in [-0.2, 0) is 0 Å². The van der Waals surface area contributed by atoms with E-state index in [1.165, 1.54) is 48.4 Å². The first-order chi connectivity index (χ1) is 7.93. The molecule has 0 heteroatoms. The molecule has 0 aliphatic heterocycles. The second-order valence-electron chi connectivity index (χ2n) is 4.73. The molecule has 2 aromatic carbocycles. The number of benzene rings is 2. The zero-order valence-electron chi connectivity index (χ0n) is 9.58. The van der Waals surface area contributed by atoms with Gasteiger partial charge in [-0.25, -0.2) is 0 Å². The minimum atomic E-state index is 1.30. The Morgan fingerprint density at radius 2 is 1.44 bits per heavy atom. The smallest absolute Gasteiger partial charge is 0.00500 e. The van der Waals surface area contributed by atoms with Gasteiger partial charge in [0.05, 0.1) is 0 Å². The zero-order valence-corrected chi connectivity index (χ0v) is 9.58. The predicted molar refractivity (Wildman–Crippen MR) is 69.4 cm³/mol. The minimum absolute atomic E-state index is 1.30. The van der Waals surface area contributed by atoms with Crippen molar-refractivity contribution in [3.05, 3.63) is 53.9 Å². The minimum Gasteiger partial charge on any atom is -0.0616 e. The number of fused-ring (bicyclic) bond motifs is 1. The first-order valence-corrected chi connectivity index (χ1v) is 6.27. The van der Waals surface area contributed by atoms with Gasteiger partial charge in [-0.1, -0.05) is 61.7 Å². The molecule has 0 nitrogen and oxygen atoms in total. The van der Waals surface area contributed by atoms with Gasteiger partial charge in [0, 0.05) is 5.92 Å². The van der Waals surface area contributed by atoms with Crippen LogP contribution in [0.15, 0.2) is 42.5 Å². The van der Waals surface area contributed by atoms with Crippen LogP contribution in [0.1, 0.15) is 37.7 Å². The summed E-state index contributed by atoms with van der Waals surface area (Å²) in [6.45, 7) is 0. The van der Waals surface area contributed by atoms with Crippen LogP contribution in [0.25, 0.3) is 10.8 Å². The molecule has 0 spiro atoms. The molecule has 0 unspecified atom stereocenters. The Bertz CT molecular complexity index is 478. The van der Waals surface area contributed by atoms with Crippen molar-refractivity contribution in [1.29, 1.82) is 0 Å². The van der Waals surface area contributed by atoms with Gasteiger partial charge in [-0.15, -0.1) is 0 Å². The van der Waals surface area contributed by atoms with Crippen LogP contribution in [0, 0.1) is 5.92 Å². The number of hydrogen-bond acceptors (Lipinski definition) is 0. The van der Waals surface area contributed by atoms with E-state index in [9.17, 15) is 0 Å². The van der Waals surface area contributed by atoms with Gasteiger partial charge < -0.3 is 0 Å². The third-order valence-electron chi connectivity index (χ3n) is 3.61. The average Bonchev–Trinajstić information content (AvgIpc) is 2.39. The fourth-order valence-corrected chi connectivity index (χ4v) is 2.68. The molecule has 0 amide bonds. The van der Waals surface area contributed by atoms with Gasteiger partial charge in [0.1, 0.15) is 0 Å². The van der Waals surface area contributed by atoms with E-state index in [1.807, 2.05) is 0 Å². The summed E-state index contributed by atoms with van der Waals surface area (Å²) in [4.78, 5) is 0. The normalized spacial score (nSPS) is 17.8. The van der Waals surface area contributed by atoms with Gasteiger partial charge in [-0.05, 0) is 29.2 Å². The summed E-state index contributed by atoms with van der Waals surface area (Å²) in [7, 11) is 0. The molecule has 0 atom stereocenters. The first kappa shape index (κ1) is 9.89. The SMILES string of the molecule is c1ccc2cc([C]3CCCCC3)ccc2c1. The molecule has 0 saturated heterocycles. The van der Waals surface area contributed by atoms with E-state index >= 15 is 0 Å². The molecule has 2 aromatic rings. The van der Waals surface area contributed by atoms with Crippen molar-refractivity contribution in [2.75, 3.05) is 0 Å². The maximum Gasteiger partial charge on any atom is 0.00500 e. The van der Waals surface area contributed by atoms with Crippen LogP contribution in [0.4, 0.5) is 0 Å². The van der Waals surface area contributed by atoms with Crippen LogP contribution in [0.2, 0.25) is 0 Å². The standard InChI is InChI=1S/C16H17/c1-2-6-13(7-3-1)16-11-10-14-8-4-5-9-15(14)12-16/h4-5,8-12H,1-3,6-7H2. The Morgan fingerprint density at radius 1 is 0.688 bits per heavy atom. The summed E-state index contributed by atoms with van der Waals surface area (Å²) in [5, 5.41) is 2.72.